The number of nitrogens with one attached hydrogen (secondary N) is 1. The van der Waals surface area contributed by atoms with Gasteiger partial charge in [-0.15, -0.1) is 0 Å². The summed E-state index contributed by atoms with van der Waals surface area (Å²) >= 11 is 6.20. The first-order valence-corrected chi connectivity index (χ1v) is 12.0. The van der Waals surface area contributed by atoms with Gasteiger partial charge >= 0.3 is 0 Å². The lowest BCUT2D eigenvalue weighted by Gasteiger charge is -2.16. The van der Waals surface area contributed by atoms with Crippen molar-refractivity contribution in [2.75, 3.05) is 18.4 Å². The summed E-state index contributed by atoms with van der Waals surface area (Å²) in [5.41, 5.74) is 2.63. The molecule has 8 nitrogen and oxygen atoms in total. The molecule has 10 heteroatoms. The van der Waals surface area contributed by atoms with Crippen LogP contribution in [0.3, 0.4) is 0 Å². The minimum atomic E-state index is -3.67. The van der Waals surface area contributed by atoms with Crippen LogP contribution in [-0.2, 0) is 10.0 Å². The molecule has 0 atom stereocenters. The number of phenols is 1. The van der Waals surface area contributed by atoms with Crippen molar-refractivity contribution in [2.45, 2.75) is 31.6 Å². The van der Waals surface area contributed by atoms with Crippen molar-refractivity contribution in [3.8, 4) is 11.4 Å². The number of aromatic nitrogens is 2. The fourth-order valence-electron chi connectivity index (χ4n) is 3.68. The minimum absolute atomic E-state index is 0.0317. The number of aryl methyl sites for hydroxylation is 1. The van der Waals surface area contributed by atoms with Gasteiger partial charge in [-0.1, -0.05) is 11.6 Å². The lowest BCUT2D eigenvalue weighted by molar-refractivity contribution is 0.102. The molecule has 1 aliphatic rings. The maximum absolute atomic E-state index is 12.8. The Labute approximate surface area is 191 Å². The van der Waals surface area contributed by atoms with Crippen LogP contribution in [0.1, 0.15) is 34.6 Å². The highest BCUT2D eigenvalue weighted by Crippen LogP contribution is 2.30. The first-order chi connectivity index (χ1) is 15.2. The lowest BCUT2D eigenvalue weighted by Crippen LogP contribution is -2.28. The molecule has 1 fully saturated rings. The number of nitrogens with zero attached hydrogens (tertiary/aromatic N) is 3. The molecule has 0 unspecified atom stereocenters. The molecule has 1 amide bonds. The average Bonchev–Trinajstić information content (AvgIpc) is 3.41. The third-order valence-corrected chi connectivity index (χ3v) is 7.94. The molecule has 1 aromatic heterocycles. The predicted molar refractivity (Wildman–Crippen MR) is 122 cm³/mol. The number of phenolic OH excluding ortho intramolecular Hbond substituents is 1. The molecule has 0 saturated carbocycles. The third kappa shape index (κ3) is 4.11. The molecule has 1 saturated heterocycles. The van der Waals surface area contributed by atoms with Crippen LogP contribution in [0.2, 0.25) is 5.02 Å². The van der Waals surface area contributed by atoms with Gasteiger partial charge in [0.2, 0.25) is 10.0 Å². The summed E-state index contributed by atoms with van der Waals surface area (Å²) in [6.45, 7) is 4.61. The summed E-state index contributed by atoms with van der Waals surface area (Å²) < 4.78 is 28.7. The van der Waals surface area contributed by atoms with Crippen molar-refractivity contribution in [1.82, 2.24) is 14.1 Å². The quantitative estimate of drug-likeness (QED) is 0.546. The van der Waals surface area contributed by atoms with E-state index in [-0.39, 0.29) is 16.3 Å². The molecular weight excluding hydrogens is 452 g/mol. The second-order valence-electron chi connectivity index (χ2n) is 7.69. The Morgan fingerprint density at radius 2 is 1.75 bits per heavy atom. The SMILES string of the molecule is Cc1nn(-c2ccc(C(=O)Nc3cc(S(=O)(=O)N4CCCC4)ccc3O)cc2)c(C)c1Cl. The Balaban J connectivity index is 1.55. The molecular formula is C22H23ClN4O4S. The largest absolute Gasteiger partial charge is 0.506 e. The van der Waals surface area contributed by atoms with Gasteiger partial charge in [0.1, 0.15) is 5.75 Å². The second-order valence-corrected chi connectivity index (χ2v) is 10.0. The summed E-state index contributed by atoms with van der Waals surface area (Å²) in [6, 6.07) is 10.6. The number of amides is 1. The Morgan fingerprint density at radius 3 is 2.34 bits per heavy atom. The molecule has 0 bridgehead atoms. The fourth-order valence-corrected chi connectivity index (χ4v) is 5.34. The van der Waals surface area contributed by atoms with Crippen molar-refractivity contribution >= 4 is 33.2 Å². The van der Waals surface area contributed by atoms with Crippen LogP contribution in [0.5, 0.6) is 5.75 Å². The van der Waals surface area contributed by atoms with Crippen LogP contribution in [0.4, 0.5) is 5.69 Å². The molecule has 32 heavy (non-hydrogen) atoms. The third-order valence-electron chi connectivity index (χ3n) is 5.50. The number of benzene rings is 2. The van der Waals surface area contributed by atoms with Crippen LogP contribution in [0, 0.1) is 13.8 Å². The van der Waals surface area contributed by atoms with Crippen molar-refractivity contribution in [2.24, 2.45) is 0 Å². The Morgan fingerprint density at radius 1 is 1.09 bits per heavy atom. The molecule has 2 heterocycles. The maximum atomic E-state index is 12.8. The molecule has 0 spiro atoms. The number of hydrogen-bond donors (Lipinski definition) is 2. The molecule has 2 aromatic carbocycles. The van der Waals surface area contributed by atoms with Gasteiger partial charge in [-0.2, -0.15) is 9.40 Å². The van der Waals surface area contributed by atoms with Crippen molar-refractivity contribution in [1.29, 1.82) is 0 Å². The van der Waals surface area contributed by atoms with Gasteiger partial charge in [0.05, 0.1) is 32.7 Å². The molecule has 2 N–H and O–H groups in total. The van der Waals surface area contributed by atoms with E-state index < -0.39 is 15.9 Å². The number of rotatable bonds is 5. The number of carbonyl (C=O) groups excluding carboxylic acids is 1. The summed E-state index contributed by atoms with van der Waals surface area (Å²) in [6.07, 6.45) is 1.64. The van der Waals surface area contributed by atoms with E-state index in [2.05, 4.69) is 10.4 Å². The van der Waals surface area contributed by atoms with E-state index in [0.717, 1.165) is 24.2 Å². The zero-order valence-corrected chi connectivity index (χ0v) is 19.2. The maximum Gasteiger partial charge on any atom is 0.255 e. The van der Waals surface area contributed by atoms with Crippen LogP contribution in [0.15, 0.2) is 47.4 Å². The molecule has 168 valence electrons. The van der Waals surface area contributed by atoms with E-state index in [1.54, 1.807) is 28.9 Å². The smallest absolute Gasteiger partial charge is 0.255 e. The van der Waals surface area contributed by atoms with Gasteiger partial charge in [0, 0.05) is 18.7 Å². The molecule has 0 aliphatic carbocycles. The van der Waals surface area contributed by atoms with E-state index in [1.807, 2.05) is 13.8 Å². The van der Waals surface area contributed by atoms with Gasteiger partial charge in [-0.05, 0) is 69.2 Å². The Hall–Kier alpha value is -2.88. The minimum Gasteiger partial charge on any atom is -0.506 e. The van der Waals surface area contributed by atoms with Gasteiger partial charge < -0.3 is 10.4 Å². The number of hydrogen-bond acceptors (Lipinski definition) is 5. The van der Waals surface area contributed by atoms with Gasteiger partial charge in [0.15, 0.2) is 0 Å². The summed E-state index contributed by atoms with van der Waals surface area (Å²) in [5, 5.41) is 17.7. The second kappa shape index (κ2) is 8.57. The highest BCUT2D eigenvalue weighted by Gasteiger charge is 2.28. The first-order valence-electron chi connectivity index (χ1n) is 10.1. The summed E-state index contributed by atoms with van der Waals surface area (Å²) in [5.74, 6) is -0.693. The van der Waals surface area contributed by atoms with E-state index >= 15 is 0 Å². The van der Waals surface area contributed by atoms with Gasteiger partial charge in [0.25, 0.3) is 5.91 Å². The summed E-state index contributed by atoms with van der Waals surface area (Å²) in [7, 11) is -3.67. The zero-order valence-electron chi connectivity index (χ0n) is 17.7. The van der Waals surface area contributed by atoms with Gasteiger partial charge in [-0.3, -0.25) is 4.79 Å². The Bertz CT molecular complexity index is 1280. The lowest BCUT2D eigenvalue weighted by atomic mass is 10.2. The topological polar surface area (TPSA) is 105 Å². The zero-order chi connectivity index (χ0) is 23.0. The monoisotopic (exact) mass is 474 g/mol. The number of aromatic hydroxyl groups is 1. The van der Waals surface area contributed by atoms with Crippen molar-refractivity contribution < 1.29 is 18.3 Å². The fraction of sp³-hybridized carbons (Fsp3) is 0.273. The van der Waals surface area contributed by atoms with Crippen LogP contribution in [-0.4, -0.2) is 46.6 Å². The number of sulfonamides is 1. The van der Waals surface area contributed by atoms with E-state index in [0.29, 0.717) is 29.4 Å². The van der Waals surface area contributed by atoms with Gasteiger partial charge in [-0.25, -0.2) is 13.1 Å². The van der Waals surface area contributed by atoms with Crippen LogP contribution in [0.25, 0.3) is 5.69 Å². The van der Waals surface area contributed by atoms with E-state index in [9.17, 15) is 18.3 Å². The van der Waals surface area contributed by atoms with Crippen LogP contribution < -0.4 is 5.32 Å². The highest BCUT2D eigenvalue weighted by molar-refractivity contribution is 7.89. The van der Waals surface area contributed by atoms with Crippen molar-refractivity contribution in [3.63, 3.8) is 0 Å². The molecule has 4 rings (SSSR count). The van der Waals surface area contributed by atoms with E-state index in [4.69, 9.17) is 11.6 Å². The summed E-state index contributed by atoms with van der Waals surface area (Å²) in [4.78, 5) is 12.8. The molecule has 3 aromatic rings. The number of halogens is 1. The van der Waals surface area contributed by atoms with Crippen LogP contribution >= 0.6 is 11.6 Å². The van der Waals surface area contributed by atoms with Crippen molar-refractivity contribution in [3.05, 3.63) is 64.4 Å². The average molecular weight is 475 g/mol. The highest BCUT2D eigenvalue weighted by atomic mass is 35.5. The standard InChI is InChI=1S/C22H23ClN4O4S/c1-14-21(23)15(2)27(25-14)17-7-5-16(6-8-17)22(29)24-19-13-18(9-10-20(19)28)32(30,31)26-11-3-4-12-26/h5-10,13,28H,3-4,11-12H2,1-2H3,(H,24,29). The predicted octanol–water partition coefficient (Wildman–Crippen LogP) is 3.88. The Kier molecular flexibility index (Phi) is 5.98. The number of carbonyl (C=O) groups is 1. The normalized spacial score (nSPS) is 14.6. The first kappa shape index (κ1) is 22.3. The van der Waals surface area contributed by atoms with E-state index in [1.165, 1.54) is 22.5 Å². The number of anilines is 1. The molecule has 1 aliphatic heterocycles. The molecule has 0 radical (unpaired) electrons.